The van der Waals surface area contributed by atoms with Crippen molar-refractivity contribution in [3.8, 4) is 11.5 Å². The van der Waals surface area contributed by atoms with Gasteiger partial charge in [-0.3, -0.25) is 9.69 Å². The summed E-state index contributed by atoms with van der Waals surface area (Å²) in [5.41, 5.74) is 0.797. The summed E-state index contributed by atoms with van der Waals surface area (Å²) in [7, 11) is 1.43. The molecule has 1 amide bonds. The van der Waals surface area contributed by atoms with Gasteiger partial charge in [-0.15, -0.1) is 0 Å². The van der Waals surface area contributed by atoms with Crippen LogP contribution in [-0.4, -0.2) is 44.2 Å². The van der Waals surface area contributed by atoms with Crippen molar-refractivity contribution in [1.29, 1.82) is 0 Å². The number of hydrogen-bond donors (Lipinski definition) is 1. The van der Waals surface area contributed by atoms with Crippen LogP contribution in [-0.2, 0) is 11.3 Å². The van der Waals surface area contributed by atoms with E-state index in [2.05, 4.69) is 5.32 Å². The summed E-state index contributed by atoms with van der Waals surface area (Å²) in [4.78, 5) is 14.0. The number of para-hydroxylation sites is 1. The number of halogens is 1. The molecule has 0 saturated carbocycles. The fourth-order valence-corrected chi connectivity index (χ4v) is 2.48. The lowest BCUT2D eigenvalue weighted by atomic mass is 10.2. The Morgan fingerprint density at radius 1 is 1.19 bits per heavy atom. The Morgan fingerprint density at radius 2 is 1.96 bits per heavy atom. The molecule has 0 fully saturated rings. The maximum atomic E-state index is 13.8. The summed E-state index contributed by atoms with van der Waals surface area (Å²) >= 11 is 0. The number of hydrogen-bond acceptors (Lipinski definition) is 4. The van der Waals surface area contributed by atoms with Gasteiger partial charge in [0, 0.05) is 6.54 Å². The van der Waals surface area contributed by atoms with Crippen LogP contribution < -0.4 is 14.8 Å². The van der Waals surface area contributed by atoms with E-state index in [1.54, 1.807) is 12.1 Å². The summed E-state index contributed by atoms with van der Waals surface area (Å²) in [5, 5.41) is 2.83. The molecule has 0 aliphatic carbocycles. The highest BCUT2D eigenvalue weighted by Crippen LogP contribution is 2.18. The van der Waals surface area contributed by atoms with E-state index >= 15 is 0 Å². The van der Waals surface area contributed by atoms with E-state index in [0.717, 1.165) is 11.3 Å². The number of carbonyl (C=O) groups is 1. The molecule has 5 nitrogen and oxygen atoms in total. The second-order valence-electron chi connectivity index (χ2n) is 5.78. The standard InChI is InChI=1S/C20H25FN2O3/c1-3-23(14-16-9-10-19(25-2)18(21)13-16)15-20(24)22-11-12-26-17-7-5-4-6-8-17/h4-10,13H,3,11-12,14-15H2,1-2H3,(H,22,24). The van der Waals surface area contributed by atoms with Gasteiger partial charge in [0.2, 0.25) is 5.91 Å². The zero-order valence-corrected chi connectivity index (χ0v) is 15.2. The predicted molar refractivity (Wildman–Crippen MR) is 98.8 cm³/mol. The van der Waals surface area contributed by atoms with E-state index in [-0.39, 0.29) is 18.2 Å². The lowest BCUT2D eigenvalue weighted by Crippen LogP contribution is -2.38. The summed E-state index contributed by atoms with van der Waals surface area (Å²) in [5.74, 6) is 0.507. The molecule has 2 rings (SSSR count). The van der Waals surface area contributed by atoms with Crippen molar-refractivity contribution in [2.75, 3.05) is 33.4 Å². The highest BCUT2D eigenvalue weighted by Gasteiger charge is 2.11. The number of carbonyl (C=O) groups excluding carboxylic acids is 1. The first kappa shape index (κ1) is 19.7. The number of nitrogens with one attached hydrogen (secondary N) is 1. The topological polar surface area (TPSA) is 50.8 Å². The highest BCUT2D eigenvalue weighted by molar-refractivity contribution is 5.77. The molecular formula is C20H25FN2O3. The van der Waals surface area contributed by atoms with E-state index in [1.807, 2.05) is 42.2 Å². The summed E-state index contributed by atoms with van der Waals surface area (Å²) in [6.07, 6.45) is 0. The fraction of sp³-hybridized carbons (Fsp3) is 0.350. The molecule has 0 aliphatic rings. The van der Waals surface area contributed by atoms with Crippen LogP contribution >= 0.6 is 0 Å². The molecule has 0 aliphatic heterocycles. The minimum absolute atomic E-state index is 0.0857. The first-order chi connectivity index (χ1) is 12.6. The van der Waals surface area contributed by atoms with Crippen LogP contribution in [0, 0.1) is 5.82 Å². The zero-order chi connectivity index (χ0) is 18.8. The van der Waals surface area contributed by atoms with Gasteiger partial charge in [0.1, 0.15) is 12.4 Å². The Labute approximate surface area is 153 Å². The number of likely N-dealkylation sites (N-methyl/N-ethyl adjacent to an activating group) is 1. The number of nitrogens with zero attached hydrogens (tertiary/aromatic N) is 1. The molecule has 26 heavy (non-hydrogen) atoms. The molecule has 140 valence electrons. The number of rotatable bonds is 10. The fourth-order valence-electron chi connectivity index (χ4n) is 2.48. The van der Waals surface area contributed by atoms with Gasteiger partial charge in [-0.1, -0.05) is 31.2 Å². The van der Waals surface area contributed by atoms with Gasteiger partial charge >= 0.3 is 0 Å². The van der Waals surface area contributed by atoms with E-state index in [9.17, 15) is 9.18 Å². The Kier molecular flexibility index (Phi) is 7.89. The number of benzene rings is 2. The molecular weight excluding hydrogens is 335 g/mol. The first-order valence-electron chi connectivity index (χ1n) is 8.61. The van der Waals surface area contributed by atoms with Crippen molar-refractivity contribution in [2.45, 2.75) is 13.5 Å². The lowest BCUT2D eigenvalue weighted by molar-refractivity contribution is -0.122. The van der Waals surface area contributed by atoms with Crippen LogP contribution in [0.15, 0.2) is 48.5 Å². The van der Waals surface area contributed by atoms with Crippen molar-refractivity contribution >= 4 is 5.91 Å². The molecule has 2 aromatic carbocycles. The molecule has 6 heteroatoms. The maximum Gasteiger partial charge on any atom is 0.234 e. The van der Waals surface area contributed by atoms with Crippen molar-refractivity contribution in [3.63, 3.8) is 0 Å². The average molecular weight is 360 g/mol. The number of methoxy groups -OCH3 is 1. The number of ether oxygens (including phenoxy) is 2. The monoisotopic (exact) mass is 360 g/mol. The Balaban J connectivity index is 1.74. The van der Waals surface area contributed by atoms with Crippen molar-refractivity contribution in [1.82, 2.24) is 10.2 Å². The van der Waals surface area contributed by atoms with Crippen LogP contribution in [0.3, 0.4) is 0 Å². The molecule has 0 spiro atoms. The second kappa shape index (κ2) is 10.4. The van der Waals surface area contributed by atoms with Crippen LogP contribution in [0.1, 0.15) is 12.5 Å². The van der Waals surface area contributed by atoms with Gasteiger partial charge in [-0.25, -0.2) is 4.39 Å². The van der Waals surface area contributed by atoms with Gasteiger partial charge in [0.15, 0.2) is 11.6 Å². The quantitative estimate of drug-likeness (QED) is 0.662. The van der Waals surface area contributed by atoms with Crippen LogP contribution in [0.5, 0.6) is 11.5 Å². The largest absolute Gasteiger partial charge is 0.494 e. The lowest BCUT2D eigenvalue weighted by Gasteiger charge is -2.20. The maximum absolute atomic E-state index is 13.8. The van der Waals surface area contributed by atoms with Crippen LogP contribution in [0.2, 0.25) is 0 Å². The van der Waals surface area contributed by atoms with Crippen molar-refractivity contribution in [2.24, 2.45) is 0 Å². The van der Waals surface area contributed by atoms with E-state index in [1.165, 1.54) is 13.2 Å². The van der Waals surface area contributed by atoms with Gasteiger partial charge in [-0.2, -0.15) is 0 Å². The first-order valence-corrected chi connectivity index (χ1v) is 8.61. The second-order valence-corrected chi connectivity index (χ2v) is 5.78. The third-order valence-corrected chi connectivity index (χ3v) is 3.87. The highest BCUT2D eigenvalue weighted by atomic mass is 19.1. The molecule has 0 aromatic heterocycles. The molecule has 0 heterocycles. The molecule has 0 saturated heterocycles. The molecule has 0 atom stereocenters. The van der Waals surface area contributed by atoms with Gasteiger partial charge < -0.3 is 14.8 Å². The normalized spacial score (nSPS) is 10.6. The average Bonchev–Trinajstić information content (AvgIpc) is 2.65. The SMILES string of the molecule is CCN(CC(=O)NCCOc1ccccc1)Cc1ccc(OC)c(F)c1. The predicted octanol–water partition coefficient (Wildman–Crippen LogP) is 2.85. The molecule has 1 N–H and O–H groups in total. The molecule has 0 unspecified atom stereocenters. The van der Waals surface area contributed by atoms with E-state index in [0.29, 0.717) is 26.2 Å². The third kappa shape index (κ3) is 6.37. The summed E-state index contributed by atoms with van der Waals surface area (Å²) in [6.45, 7) is 4.22. The van der Waals surface area contributed by atoms with Gasteiger partial charge in [-0.05, 0) is 36.4 Å². The van der Waals surface area contributed by atoms with Crippen molar-refractivity contribution < 1.29 is 18.7 Å². The molecule has 2 aromatic rings. The Morgan fingerprint density at radius 3 is 2.62 bits per heavy atom. The Hall–Kier alpha value is -2.60. The van der Waals surface area contributed by atoms with Crippen molar-refractivity contribution in [3.05, 3.63) is 59.9 Å². The third-order valence-electron chi connectivity index (χ3n) is 3.87. The van der Waals surface area contributed by atoms with Crippen LogP contribution in [0.25, 0.3) is 0 Å². The van der Waals surface area contributed by atoms with Gasteiger partial charge in [0.25, 0.3) is 0 Å². The number of amides is 1. The van der Waals surface area contributed by atoms with E-state index in [4.69, 9.17) is 9.47 Å². The smallest absolute Gasteiger partial charge is 0.234 e. The van der Waals surface area contributed by atoms with E-state index < -0.39 is 5.82 Å². The molecule has 0 radical (unpaired) electrons. The Bertz CT molecular complexity index is 695. The minimum atomic E-state index is -0.399. The van der Waals surface area contributed by atoms with Gasteiger partial charge in [0.05, 0.1) is 20.2 Å². The summed E-state index contributed by atoms with van der Waals surface area (Å²) < 4.78 is 24.2. The molecule has 0 bridgehead atoms. The zero-order valence-electron chi connectivity index (χ0n) is 15.2. The minimum Gasteiger partial charge on any atom is -0.494 e. The summed E-state index contributed by atoms with van der Waals surface area (Å²) in [6, 6.07) is 14.3. The van der Waals surface area contributed by atoms with Crippen LogP contribution in [0.4, 0.5) is 4.39 Å².